The van der Waals surface area contributed by atoms with Crippen molar-refractivity contribution in [1.82, 2.24) is 10.4 Å². The molecule has 0 spiro atoms. The number of nitrogens with one attached hydrogen (secondary N) is 1. The van der Waals surface area contributed by atoms with E-state index in [1.165, 1.54) is 11.3 Å². The van der Waals surface area contributed by atoms with E-state index in [9.17, 15) is 4.79 Å². The van der Waals surface area contributed by atoms with Crippen LogP contribution in [-0.4, -0.2) is 30.3 Å². The van der Waals surface area contributed by atoms with Crippen molar-refractivity contribution in [2.24, 2.45) is 5.10 Å². The number of benzene rings is 2. The maximum Gasteiger partial charge on any atom is 0.283 e. The van der Waals surface area contributed by atoms with E-state index in [0.717, 1.165) is 22.6 Å². The van der Waals surface area contributed by atoms with E-state index in [4.69, 9.17) is 9.47 Å². The summed E-state index contributed by atoms with van der Waals surface area (Å²) in [5.74, 6) is 1.08. The first-order chi connectivity index (χ1) is 14.6. The van der Waals surface area contributed by atoms with Crippen molar-refractivity contribution < 1.29 is 14.3 Å². The molecule has 0 saturated carbocycles. The van der Waals surface area contributed by atoms with Crippen LogP contribution in [0.15, 0.2) is 53.6 Å². The Kier molecular flexibility index (Phi) is 7.57. The van der Waals surface area contributed by atoms with Gasteiger partial charge in [-0.3, -0.25) is 4.79 Å². The van der Waals surface area contributed by atoms with Crippen LogP contribution in [-0.2, 0) is 0 Å². The summed E-state index contributed by atoms with van der Waals surface area (Å²) in [6, 6.07) is 15.4. The van der Waals surface area contributed by atoms with Crippen LogP contribution in [0.2, 0.25) is 0 Å². The number of thiazole rings is 1. The lowest BCUT2D eigenvalue weighted by Crippen LogP contribution is -2.17. The monoisotopic (exact) mass is 423 g/mol. The van der Waals surface area contributed by atoms with Crippen LogP contribution in [0.1, 0.15) is 41.2 Å². The van der Waals surface area contributed by atoms with Gasteiger partial charge >= 0.3 is 0 Å². The number of amides is 1. The van der Waals surface area contributed by atoms with Crippen LogP contribution in [0.25, 0.3) is 10.6 Å². The third-order valence-electron chi connectivity index (χ3n) is 4.13. The van der Waals surface area contributed by atoms with Crippen LogP contribution < -0.4 is 14.9 Å². The molecule has 156 valence electrons. The molecule has 6 nitrogen and oxygen atoms in total. The second kappa shape index (κ2) is 10.5. The van der Waals surface area contributed by atoms with Crippen LogP contribution in [0, 0.1) is 6.92 Å². The molecule has 0 aliphatic rings. The number of aryl methyl sites for hydroxylation is 1. The van der Waals surface area contributed by atoms with E-state index < -0.39 is 0 Å². The molecule has 0 saturated heterocycles. The number of hydrogen-bond donors (Lipinski definition) is 1. The van der Waals surface area contributed by atoms with Gasteiger partial charge in [-0.05, 0) is 44.0 Å². The first-order valence-electron chi connectivity index (χ1n) is 9.88. The van der Waals surface area contributed by atoms with E-state index >= 15 is 0 Å². The predicted octanol–water partition coefficient (Wildman–Crippen LogP) is 5.07. The molecule has 1 aromatic heterocycles. The summed E-state index contributed by atoms with van der Waals surface area (Å²) in [4.78, 5) is 17.6. The minimum absolute atomic E-state index is 0.281. The van der Waals surface area contributed by atoms with Gasteiger partial charge in [-0.15, -0.1) is 11.3 Å². The molecule has 3 rings (SSSR count). The molecular weight excluding hydrogens is 398 g/mol. The Morgan fingerprint density at radius 1 is 1.13 bits per heavy atom. The molecule has 7 heteroatoms. The number of nitrogens with zero attached hydrogens (tertiary/aromatic N) is 2. The Bertz CT molecular complexity index is 1020. The first kappa shape index (κ1) is 21.5. The Morgan fingerprint density at radius 2 is 1.93 bits per heavy atom. The van der Waals surface area contributed by atoms with E-state index in [2.05, 4.69) is 22.4 Å². The predicted molar refractivity (Wildman–Crippen MR) is 121 cm³/mol. The lowest BCUT2D eigenvalue weighted by Gasteiger charge is -2.11. The largest absolute Gasteiger partial charge is 0.490 e. The van der Waals surface area contributed by atoms with Gasteiger partial charge in [0.1, 0.15) is 9.88 Å². The maximum absolute atomic E-state index is 12.5. The zero-order valence-electron chi connectivity index (χ0n) is 17.3. The van der Waals surface area contributed by atoms with Crippen molar-refractivity contribution >= 4 is 23.5 Å². The van der Waals surface area contributed by atoms with Crippen LogP contribution in [0.5, 0.6) is 11.5 Å². The summed E-state index contributed by atoms with van der Waals surface area (Å²) >= 11 is 1.35. The van der Waals surface area contributed by atoms with Gasteiger partial charge in [0.15, 0.2) is 11.5 Å². The van der Waals surface area contributed by atoms with E-state index in [0.29, 0.717) is 35.3 Å². The quantitative estimate of drug-likeness (QED) is 0.385. The van der Waals surface area contributed by atoms with Crippen LogP contribution in [0.4, 0.5) is 0 Å². The zero-order chi connectivity index (χ0) is 21.3. The molecule has 0 fully saturated rings. The Morgan fingerprint density at radius 3 is 2.67 bits per heavy atom. The standard InChI is InChI=1S/C23H25N3O3S/c1-4-13-29-19-12-11-17(14-20(19)28-5-2)15-24-26-22(27)21-16(3)25-23(30-21)18-9-7-6-8-10-18/h6-12,14-15H,4-5,13H2,1-3H3,(H,26,27)/b24-15+. The fraction of sp³-hybridized carbons (Fsp3) is 0.261. The summed E-state index contributed by atoms with van der Waals surface area (Å²) in [6.45, 7) is 6.96. The molecule has 0 aliphatic heterocycles. The number of carbonyl (C=O) groups is 1. The topological polar surface area (TPSA) is 72.8 Å². The highest BCUT2D eigenvalue weighted by Crippen LogP contribution is 2.29. The molecule has 3 aromatic rings. The molecular formula is C23H25N3O3S. The molecule has 30 heavy (non-hydrogen) atoms. The van der Waals surface area contributed by atoms with Gasteiger partial charge in [0.25, 0.3) is 5.91 Å². The highest BCUT2D eigenvalue weighted by Gasteiger charge is 2.15. The van der Waals surface area contributed by atoms with Crippen LogP contribution >= 0.6 is 11.3 Å². The van der Waals surface area contributed by atoms with Gasteiger partial charge in [-0.25, -0.2) is 10.4 Å². The average Bonchev–Trinajstić information content (AvgIpc) is 3.16. The second-order valence-corrected chi connectivity index (χ2v) is 7.49. The van der Waals surface area contributed by atoms with Crippen molar-refractivity contribution in [1.29, 1.82) is 0 Å². The summed E-state index contributed by atoms with van der Waals surface area (Å²) in [6.07, 6.45) is 2.50. The normalized spacial score (nSPS) is 10.9. The molecule has 0 radical (unpaired) electrons. The van der Waals surface area contributed by atoms with Crippen LogP contribution in [0.3, 0.4) is 0 Å². The number of ether oxygens (including phenoxy) is 2. The minimum Gasteiger partial charge on any atom is -0.490 e. The van der Waals surface area contributed by atoms with Crippen molar-refractivity contribution in [3.05, 3.63) is 64.7 Å². The van der Waals surface area contributed by atoms with Gasteiger partial charge in [0, 0.05) is 5.56 Å². The molecule has 1 heterocycles. The Labute approximate surface area is 180 Å². The zero-order valence-corrected chi connectivity index (χ0v) is 18.2. The SMILES string of the molecule is CCCOc1ccc(/C=N/NC(=O)c2sc(-c3ccccc3)nc2C)cc1OCC. The third kappa shape index (κ3) is 5.45. The molecule has 0 atom stereocenters. The highest BCUT2D eigenvalue weighted by molar-refractivity contribution is 7.17. The summed E-state index contributed by atoms with van der Waals surface area (Å²) in [5.41, 5.74) is 5.05. The van der Waals surface area contributed by atoms with E-state index in [1.807, 2.05) is 62.4 Å². The van der Waals surface area contributed by atoms with Crippen molar-refractivity contribution in [2.45, 2.75) is 27.2 Å². The van der Waals surface area contributed by atoms with Crippen molar-refractivity contribution in [2.75, 3.05) is 13.2 Å². The molecule has 0 bridgehead atoms. The number of aromatic nitrogens is 1. The van der Waals surface area contributed by atoms with Gasteiger partial charge in [-0.2, -0.15) is 5.10 Å². The summed E-state index contributed by atoms with van der Waals surface area (Å²) in [7, 11) is 0. The maximum atomic E-state index is 12.5. The van der Waals surface area contributed by atoms with Gasteiger partial charge < -0.3 is 9.47 Å². The highest BCUT2D eigenvalue weighted by atomic mass is 32.1. The van der Waals surface area contributed by atoms with Crippen molar-refractivity contribution in [3.63, 3.8) is 0 Å². The molecule has 1 N–H and O–H groups in total. The van der Waals surface area contributed by atoms with E-state index in [1.54, 1.807) is 6.21 Å². The van der Waals surface area contributed by atoms with Gasteiger partial charge in [-0.1, -0.05) is 37.3 Å². The minimum atomic E-state index is -0.281. The number of rotatable bonds is 9. The fourth-order valence-electron chi connectivity index (χ4n) is 2.73. The van der Waals surface area contributed by atoms with Crippen molar-refractivity contribution in [3.8, 4) is 22.1 Å². The summed E-state index contributed by atoms with van der Waals surface area (Å²) in [5, 5.41) is 4.90. The third-order valence-corrected chi connectivity index (χ3v) is 5.34. The second-order valence-electron chi connectivity index (χ2n) is 6.49. The Hall–Kier alpha value is -3.19. The smallest absolute Gasteiger partial charge is 0.283 e. The van der Waals surface area contributed by atoms with Gasteiger partial charge in [0.05, 0.1) is 25.1 Å². The van der Waals surface area contributed by atoms with Gasteiger partial charge in [0.2, 0.25) is 0 Å². The molecule has 1 amide bonds. The molecule has 2 aromatic carbocycles. The average molecular weight is 424 g/mol. The lowest BCUT2D eigenvalue weighted by atomic mass is 10.2. The molecule has 0 unspecified atom stereocenters. The lowest BCUT2D eigenvalue weighted by molar-refractivity contribution is 0.0958. The van der Waals surface area contributed by atoms with E-state index in [-0.39, 0.29) is 5.91 Å². The number of carbonyl (C=O) groups excluding carboxylic acids is 1. The number of hydrogen-bond acceptors (Lipinski definition) is 6. The Balaban J connectivity index is 1.68. The number of hydrazone groups is 1. The fourth-order valence-corrected chi connectivity index (χ4v) is 3.69. The first-order valence-corrected chi connectivity index (χ1v) is 10.7. The molecule has 0 aliphatic carbocycles. The summed E-state index contributed by atoms with van der Waals surface area (Å²) < 4.78 is 11.4.